The molecule has 3 aliphatic rings. The van der Waals surface area contributed by atoms with Crippen molar-refractivity contribution in [2.75, 3.05) is 13.1 Å². The second kappa shape index (κ2) is 9.08. The van der Waals surface area contributed by atoms with Gasteiger partial charge in [-0.15, -0.1) is 10.2 Å². The largest absolute Gasteiger partial charge is 0.490 e. The van der Waals surface area contributed by atoms with Crippen molar-refractivity contribution in [1.29, 1.82) is 0 Å². The van der Waals surface area contributed by atoms with E-state index in [-0.39, 0.29) is 11.7 Å². The van der Waals surface area contributed by atoms with Gasteiger partial charge in [0.15, 0.2) is 0 Å². The van der Waals surface area contributed by atoms with Gasteiger partial charge in [0.25, 0.3) is 5.91 Å². The monoisotopic (exact) mass is 469 g/mol. The maximum absolute atomic E-state index is 13.4. The number of likely N-dealkylation sites (tertiary alicyclic amines) is 1. The third kappa shape index (κ3) is 5.67. The number of carboxylic acid groups (broad SMARTS) is 1. The fourth-order valence-electron chi connectivity index (χ4n) is 4.29. The van der Waals surface area contributed by atoms with Crippen molar-refractivity contribution < 1.29 is 32.3 Å². The highest BCUT2D eigenvalue weighted by atomic mass is 19.4. The van der Waals surface area contributed by atoms with Crippen molar-refractivity contribution in [2.45, 2.75) is 44.6 Å². The summed E-state index contributed by atoms with van der Waals surface area (Å²) in [5.41, 5.74) is 1.01. The van der Waals surface area contributed by atoms with Crippen LogP contribution in [0.3, 0.4) is 0 Å². The van der Waals surface area contributed by atoms with Crippen molar-refractivity contribution in [3.63, 3.8) is 0 Å². The predicted octanol–water partition coefficient (Wildman–Crippen LogP) is 2.25. The van der Waals surface area contributed by atoms with Gasteiger partial charge in [-0.05, 0) is 42.4 Å². The molecule has 1 aromatic carbocycles. The molecule has 12 heteroatoms. The molecule has 1 saturated heterocycles. The van der Waals surface area contributed by atoms with Crippen molar-refractivity contribution in [1.82, 2.24) is 25.0 Å². The zero-order valence-corrected chi connectivity index (χ0v) is 17.6. The van der Waals surface area contributed by atoms with Crippen molar-refractivity contribution >= 4 is 11.9 Å². The molecule has 0 radical (unpaired) electrons. The van der Waals surface area contributed by atoms with Gasteiger partial charge in [0, 0.05) is 38.6 Å². The number of carbonyl (C=O) groups excluding carboxylic acids is 1. The summed E-state index contributed by atoms with van der Waals surface area (Å²) in [5.74, 6) is -0.656. The number of hydrogen-bond acceptors (Lipinski definition) is 5. The number of carbonyl (C=O) groups is 2. The summed E-state index contributed by atoms with van der Waals surface area (Å²) in [6, 6.07) is 7.14. The topological polar surface area (TPSA) is 100 Å². The molecule has 2 unspecified atom stereocenters. The Morgan fingerprint density at radius 2 is 1.82 bits per heavy atom. The number of nitrogens with zero attached hydrogens (tertiary/aromatic N) is 4. The van der Waals surface area contributed by atoms with Crippen LogP contribution in [0.1, 0.15) is 34.8 Å². The maximum Gasteiger partial charge on any atom is 0.490 e. The van der Waals surface area contributed by atoms with Crippen LogP contribution in [-0.4, -0.2) is 62.0 Å². The van der Waals surface area contributed by atoms with E-state index in [2.05, 4.69) is 20.4 Å². The van der Waals surface area contributed by atoms with Gasteiger partial charge in [-0.2, -0.15) is 13.2 Å². The first-order valence-electron chi connectivity index (χ1n) is 10.6. The van der Waals surface area contributed by atoms with E-state index < -0.39 is 12.1 Å². The minimum Gasteiger partial charge on any atom is -0.475 e. The summed E-state index contributed by atoms with van der Waals surface area (Å²) >= 11 is 0. The molecular weight excluding hydrogens is 446 g/mol. The number of alkyl halides is 3. The van der Waals surface area contributed by atoms with Crippen molar-refractivity contribution in [3.05, 3.63) is 47.3 Å². The van der Waals surface area contributed by atoms with Crippen LogP contribution in [0.25, 0.3) is 0 Å². The van der Waals surface area contributed by atoms with Crippen molar-refractivity contribution in [2.24, 2.45) is 11.8 Å². The molecule has 1 amide bonds. The highest BCUT2D eigenvalue weighted by Gasteiger charge is 2.40. The molecule has 2 atom stereocenters. The second-order valence-electron chi connectivity index (χ2n) is 8.65. The summed E-state index contributed by atoms with van der Waals surface area (Å²) in [4.78, 5) is 23.7. The smallest absolute Gasteiger partial charge is 0.475 e. The van der Waals surface area contributed by atoms with Gasteiger partial charge >= 0.3 is 12.1 Å². The van der Waals surface area contributed by atoms with Gasteiger partial charge in [0.2, 0.25) is 5.82 Å². The summed E-state index contributed by atoms with van der Waals surface area (Å²) in [6.07, 6.45) is -2.10. The zero-order valence-electron chi connectivity index (χ0n) is 17.6. The van der Waals surface area contributed by atoms with Crippen LogP contribution in [-0.2, 0) is 24.3 Å². The van der Waals surface area contributed by atoms with Gasteiger partial charge < -0.3 is 15.0 Å². The van der Waals surface area contributed by atoms with E-state index >= 15 is 0 Å². The lowest BCUT2D eigenvalue weighted by atomic mass is 9.89. The number of halogens is 4. The molecule has 33 heavy (non-hydrogen) atoms. The van der Waals surface area contributed by atoms with Gasteiger partial charge in [-0.1, -0.05) is 12.1 Å². The number of aromatic nitrogens is 3. The Balaban J connectivity index is 0.000000325. The molecular formula is C21H23F4N5O3. The first kappa shape index (κ1) is 23.1. The van der Waals surface area contributed by atoms with E-state index in [0.29, 0.717) is 23.7 Å². The van der Waals surface area contributed by atoms with Crippen LogP contribution in [0, 0.1) is 17.7 Å². The molecule has 1 aliphatic carbocycles. The number of rotatable bonds is 4. The number of amides is 1. The fourth-order valence-corrected chi connectivity index (χ4v) is 4.29. The Labute approximate surface area is 186 Å². The average Bonchev–Trinajstić information content (AvgIpc) is 3.31. The SMILES string of the molecule is O=C(NC1CC1)c1nnc2n1CC1CN(Cc3cccc(F)c3)CC1C2.O=C(O)C(F)(F)F. The first-order chi connectivity index (χ1) is 15.6. The number of nitrogens with one attached hydrogen (secondary N) is 1. The fraction of sp³-hybridized carbons (Fsp3) is 0.524. The molecule has 1 saturated carbocycles. The Kier molecular flexibility index (Phi) is 6.37. The number of aliphatic carboxylic acids is 1. The molecule has 3 heterocycles. The van der Waals surface area contributed by atoms with E-state index in [1.807, 2.05) is 10.6 Å². The number of hydrogen-bond donors (Lipinski definition) is 2. The summed E-state index contributed by atoms with van der Waals surface area (Å²) in [6.45, 7) is 3.50. The molecule has 2 aromatic rings. The maximum atomic E-state index is 13.4. The number of carboxylic acids is 1. The van der Waals surface area contributed by atoms with E-state index in [9.17, 15) is 22.4 Å². The standard InChI is InChI=1S/C19H22FN5O.C2HF3O2/c20-15-3-1-2-12(6-15)8-24-9-13-7-17-22-23-18(19(26)21-16-4-5-16)25(17)11-14(13)10-24;3-2(4,5)1(6)7/h1-3,6,13-14,16H,4-5,7-11H2,(H,21,26);(H,6,7). The predicted molar refractivity (Wildman–Crippen MR) is 107 cm³/mol. The van der Waals surface area contributed by atoms with Crippen LogP contribution in [0.15, 0.2) is 24.3 Å². The summed E-state index contributed by atoms with van der Waals surface area (Å²) in [7, 11) is 0. The Morgan fingerprint density at radius 1 is 1.12 bits per heavy atom. The molecule has 0 bridgehead atoms. The third-order valence-electron chi connectivity index (χ3n) is 5.99. The minimum atomic E-state index is -5.08. The molecule has 5 rings (SSSR count). The normalized spacial score (nSPS) is 22.1. The van der Waals surface area contributed by atoms with E-state index in [4.69, 9.17) is 9.90 Å². The van der Waals surface area contributed by atoms with Gasteiger partial charge in [0.05, 0.1) is 0 Å². The summed E-state index contributed by atoms with van der Waals surface area (Å²) in [5, 5.41) is 18.5. The van der Waals surface area contributed by atoms with Crippen LogP contribution in [0.5, 0.6) is 0 Å². The molecule has 2 N–H and O–H groups in total. The average molecular weight is 469 g/mol. The summed E-state index contributed by atoms with van der Waals surface area (Å²) < 4.78 is 47.2. The first-order valence-corrected chi connectivity index (χ1v) is 10.6. The molecule has 2 aliphatic heterocycles. The van der Waals surface area contributed by atoms with Crippen molar-refractivity contribution in [3.8, 4) is 0 Å². The molecule has 8 nitrogen and oxygen atoms in total. The second-order valence-corrected chi connectivity index (χ2v) is 8.65. The highest BCUT2D eigenvalue weighted by molar-refractivity contribution is 5.91. The van der Waals surface area contributed by atoms with Crippen LogP contribution < -0.4 is 5.32 Å². The lowest BCUT2D eigenvalue weighted by molar-refractivity contribution is -0.192. The highest BCUT2D eigenvalue weighted by Crippen LogP contribution is 2.33. The van der Waals surface area contributed by atoms with E-state index in [0.717, 1.165) is 56.8 Å². The van der Waals surface area contributed by atoms with E-state index in [1.165, 1.54) is 6.07 Å². The third-order valence-corrected chi connectivity index (χ3v) is 5.99. The molecule has 0 spiro atoms. The lowest BCUT2D eigenvalue weighted by Crippen LogP contribution is -2.33. The van der Waals surface area contributed by atoms with Crippen LogP contribution >= 0.6 is 0 Å². The minimum absolute atomic E-state index is 0.0979. The van der Waals surface area contributed by atoms with Gasteiger partial charge in [-0.3, -0.25) is 9.69 Å². The van der Waals surface area contributed by atoms with Crippen LogP contribution in [0.2, 0.25) is 0 Å². The van der Waals surface area contributed by atoms with Gasteiger partial charge in [-0.25, -0.2) is 9.18 Å². The number of benzene rings is 1. The zero-order chi connectivity index (χ0) is 23.8. The number of fused-ring (bicyclic) bond motifs is 2. The Hall–Kier alpha value is -3.02. The Bertz CT molecular complexity index is 1040. The van der Waals surface area contributed by atoms with Gasteiger partial charge in [0.1, 0.15) is 11.6 Å². The van der Waals surface area contributed by atoms with E-state index in [1.54, 1.807) is 12.1 Å². The van der Waals surface area contributed by atoms with Crippen LogP contribution in [0.4, 0.5) is 17.6 Å². The lowest BCUT2D eigenvalue weighted by Gasteiger charge is -2.25. The molecule has 178 valence electrons. The molecule has 1 aromatic heterocycles. The quantitative estimate of drug-likeness (QED) is 0.667. The molecule has 2 fully saturated rings. The Morgan fingerprint density at radius 3 is 2.45 bits per heavy atom.